The predicted molar refractivity (Wildman–Crippen MR) is 66.3 cm³/mol. The number of hydrogen-bond donors (Lipinski definition) is 1. The summed E-state index contributed by atoms with van der Waals surface area (Å²) in [6.07, 6.45) is 2.18. The molecule has 1 N–H and O–H groups in total. The van der Waals surface area contributed by atoms with E-state index in [0.29, 0.717) is 36.6 Å². The highest BCUT2D eigenvalue weighted by molar-refractivity contribution is 5.91. The summed E-state index contributed by atoms with van der Waals surface area (Å²) in [7, 11) is 0. The number of carbonyl (C=O) groups excluding carboxylic acids is 2. The zero-order chi connectivity index (χ0) is 13.5. The van der Waals surface area contributed by atoms with E-state index >= 15 is 0 Å². The summed E-state index contributed by atoms with van der Waals surface area (Å²) in [5, 5.41) is 2.67. The molecule has 0 aromatic heterocycles. The minimum absolute atomic E-state index is 0.214. The van der Waals surface area contributed by atoms with Crippen LogP contribution < -0.4 is 5.32 Å². The van der Waals surface area contributed by atoms with Crippen LogP contribution >= 0.6 is 0 Å². The summed E-state index contributed by atoms with van der Waals surface area (Å²) in [5.41, 5.74) is 1.18. The first-order chi connectivity index (χ1) is 8.58. The van der Waals surface area contributed by atoms with Crippen molar-refractivity contribution in [3.8, 4) is 0 Å². The fraction of sp³-hybridized carbons (Fsp3) is 0.615. The SMILES string of the molecule is [C-]#[N+]CC(=O)NC1=C(C(=O)OCC)CCC(C)C1. The molecule has 5 nitrogen and oxygen atoms in total. The van der Waals surface area contributed by atoms with Gasteiger partial charge in [0.25, 0.3) is 6.54 Å². The highest BCUT2D eigenvalue weighted by Crippen LogP contribution is 2.28. The van der Waals surface area contributed by atoms with E-state index in [1.807, 2.05) is 0 Å². The van der Waals surface area contributed by atoms with Crippen molar-refractivity contribution in [3.63, 3.8) is 0 Å². The van der Waals surface area contributed by atoms with Gasteiger partial charge in [-0.05, 0) is 32.1 Å². The maximum absolute atomic E-state index is 11.8. The zero-order valence-corrected chi connectivity index (χ0v) is 10.8. The lowest BCUT2D eigenvalue weighted by Gasteiger charge is -2.23. The van der Waals surface area contributed by atoms with Gasteiger partial charge in [0.15, 0.2) is 0 Å². The molecule has 1 atom stereocenters. The number of nitrogens with one attached hydrogen (secondary N) is 1. The molecule has 0 bridgehead atoms. The molecule has 18 heavy (non-hydrogen) atoms. The van der Waals surface area contributed by atoms with Gasteiger partial charge in [0.1, 0.15) is 0 Å². The standard InChI is InChI=1S/C13H18N2O3/c1-4-18-13(17)10-6-5-9(2)7-11(10)15-12(16)8-14-3/h9H,4-8H2,1-2H3,(H,15,16). The monoisotopic (exact) mass is 250 g/mol. The molecule has 0 aliphatic heterocycles. The van der Waals surface area contributed by atoms with Crippen LogP contribution in [0.2, 0.25) is 0 Å². The molecule has 1 unspecified atom stereocenters. The van der Waals surface area contributed by atoms with E-state index in [9.17, 15) is 9.59 Å². The third-order valence-electron chi connectivity index (χ3n) is 2.84. The lowest BCUT2D eigenvalue weighted by Crippen LogP contribution is -2.30. The predicted octanol–water partition coefficient (Wildman–Crippen LogP) is 1.66. The fourth-order valence-corrected chi connectivity index (χ4v) is 1.96. The molecule has 1 aliphatic rings. The van der Waals surface area contributed by atoms with Gasteiger partial charge in [-0.25, -0.2) is 11.4 Å². The van der Waals surface area contributed by atoms with Gasteiger partial charge in [-0.15, -0.1) is 0 Å². The second-order valence-electron chi connectivity index (χ2n) is 4.39. The largest absolute Gasteiger partial charge is 0.463 e. The molecule has 0 saturated carbocycles. The van der Waals surface area contributed by atoms with Crippen LogP contribution in [0.4, 0.5) is 0 Å². The van der Waals surface area contributed by atoms with Gasteiger partial charge < -0.3 is 14.9 Å². The Morgan fingerprint density at radius 1 is 1.56 bits per heavy atom. The Labute approximate surface area is 107 Å². The Kier molecular flexibility index (Phi) is 5.37. The lowest BCUT2D eigenvalue weighted by molar-refractivity contribution is -0.138. The van der Waals surface area contributed by atoms with Crippen LogP contribution in [0.15, 0.2) is 11.3 Å². The van der Waals surface area contributed by atoms with E-state index in [1.54, 1.807) is 6.92 Å². The first-order valence-electron chi connectivity index (χ1n) is 6.10. The van der Waals surface area contributed by atoms with Crippen LogP contribution in [0.5, 0.6) is 0 Å². The van der Waals surface area contributed by atoms with Gasteiger partial charge in [-0.2, -0.15) is 0 Å². The average molecular weight is 250 g/mol. The van der Waals surface area contributed by atoms with Crippen molar-refractivity contribution < 1.29 is 14.3 Å². The van der Waals surface area contributed by atoms with Gasteiger partial charge >= 0.3 is 11.9 Å². The Morgan fingerprint density at radius 3 is 2.89 bits per heavy atom. The van der Waals surface area contributed by atoms with Crippen LogP contribution in [0.1, 0.15) is 33.1 Å². The molecule has 0 heterocycles. The topological polar surface area (TPSA) is 59.8 Å². The molecule has 1 aliphatic carbocycles. The minimum Gasteiger partial charge on any atom is -0.463 e. The van der Waals surface area contributed by atoms with Crippen LogP contribution in [0.25, 0.3) is 4.85 Å². The molecule has 1 amide bonds. The van der Waals surface area contributed by atoms with Crippen molar-refractivity contribution in [3.05, 3.63) is 22.7 Å². The summed E-state index contributed by atoms with van der Waals surface area (Å²) in [5.74, 6) is -0.301. The normalized spacial score (nSPS) is 19.1. The van der Waals surface area contributed by atoms with Gasteiger partial charge in [0.2, 0.25) is 0 Å². The van der Waals surface area contributed by atoms with E-state index in [0.717, 1.165) is 6.42 Å². The maximum Gasteiger partial charge on any atom is 0.335 e. The first kappa shape index (κ1) is 14.2. The third kappa shape index (κ3) is 3.88. The molecule has 98 valence electrons. The number of carbonyl (C=O) groups is 2. The van der Waals surface area contributed by atoms with Gasteiger partial charge in [-0.1, -0.05) is 6.92 Å². The van der Waals surface area contributed by atoms with Crippen molar-refractivity contribution in [1.29, 1.82) is 0 Å². The molecule has 0 radical (unpaired) electrons. The number of esters is 1. The zero-order valence-electron chi connectivity index (χ0n) is 10.8. The Hall–Kier alpha value is -1.83. The van der Waals surface area contributed by atoms with Gasteiger partial charge in [0.05, 0.1) is 12.2 Å². The quantitative estimate of drug-likeness (QED) is 0.609. The first-order valence-corrected chi connectivity index (χ1v) is 6.10. The smallest absolute Gasteiger partial charge is 0.335 e. The van der Waals surface area contributed by atoms with Crippen molar-refractivity contribution in [2.45, 2.75) is 33.1 Å². The van der Waals surface area contributed by atoms with E-state index < -0.39 is 0 Å². The molecule has 0 fully saturated rings. The summed E-state index contributed by atoms with van der Waals surface area (Å²) >= 11 is 0. The fourth-order valence-electron chi connectivity index (χ4n) is 1.96. The average Bonchev–Trinajstić information content (AvgIpc) is 2.29. The second kappa shape index (κ2) is 6.80. The van der Waals surface area contributed by atoms with Crippen molar-refractivity contribution >= 4 is 11.9 Å². The van der Waals surface area contributed by atoms with Crippen LogP contribution in [-0.4, -0.2) is 25.0 Å². The second-order valence-corrected chi connectivity index (χ2v) is 4.39. The van der Waals surface area contributed by atoms with Gasteiger partial charge in [-0.3, -0.25) is 4.79 Å². The van der Waals surface area contributed by atoms with Crippen LogP contribution in [0, 0.1) is 12.5 Å². The van der Waals surface area contributed by atoms with E-state index in [1.165, 1.54) is 0 Å². The van der Waals surface area contributed by atoms with Gasteiger partial charge in [0, 0.05) is 5.70 Å². The molecule has 0 aromatic rings. The Bertz CT molecular complexity index is 407. The number of hydrogen-bond acceptors (Lipinski definition) is 3. The number of amides is 1. The number of allylic oxidation sites excluding steroid dienone is 1. The molecular formula is C13H18N2O3. The van der Waals surface area contributed by atoms with E-state index in [-0.39, 0.29) is 18.4 Å². The minimum atomic E-state index is -0.365. The molecule has 0 saturated heterocycles. The van der Waals surface area contributed by atoms with Crippen molar-refractivity contribution in [2.24, 2.45) is 5.92 Å². The molecule has 1 rings (SSSR count). The molecule has 0 aromatic carbocycles. The van der Waals surface area contributed by atoms with Crippen LogP contribution in [-0.2, 0) is 14.3 Å². The van der Waals surface area contributed by atoms with Crippen molar-refractivity contribution in [2.75, 3.05) is 13.2 Å². The summed E-state index contributed by atoms with van der Waals surface area (Å²) in [4.78, 5) is 26.2. The molecule has 0 spiro atoms. The van der Waals surface area contributed by atoms with E-state index in [2.05, 4.69) is 17.1 Å². The Balaban J connectivity index is 2.85. The molecule has 5 heteroatoms. The number of rotatable bonds is 4. The Morgan fingerprint density at radius 2 is 2.28 bits per heavy atom. The third-order valence-corrected chi connectivity index (χ3v) is 2.84. The lowest BCUT2D eigenvalue weighted by atomic mass is 9.88. The summed E-state index contributed by atoms with van der Waals surface area (Å²) in [6.45, 7) is 10.6. The summed E-state index contributed by atoms with van der Waals surface area (Å²) < 4.78 is 4.98. The van der Waals surface area contributed by atoms with E-state index in [4.69, 9.17) is 11.3 Å². The number of nitrogens with zero attached hydrogens (tertiary/aromatic N) is 1. The number of ether oxygens (including phenoxy) is 1. The highest BCUT2D eigenvalue weighted by atomic mass is 16.5. The van der Waals surface area contributed by atoms with Crippen molar-refractivity contribution in [1.82, 2.24) is 5.32 Å². The van der Waals surface area contributed by atoms with Crippen LogP contribution in [0.3, 0.4) is 0 Å². The highest BCUT2D eigenvalue weighted by Gasteiger charge is 2.25. The maximum atomic E-state index is 11.8. The molecular weight excluding hydrogens is 232 g/mol. The summed E-state index contributed by atoms with van der Waals surface area (Å²) in [6, 6.07) is 0.